The van der Waals surface area contributed by atoms with E-state index in [0.29, 0.717) is 36.4 Å². The molecule has 0 radical (unpaired) electrons. The lowest BCUT2D eigenvalue weighted by atomic mass is 9.85. The Hall–Kier alpha value is -1.90. The first kappa shape index (κ1) is 19.4. The molecule has 0 atom stereocenters. The van der Waals surface area contributed by atoms with Gasteiger partial charge in [-0.3, -0.25) is 4.79 Å². The Balaban J connectivity index is 1.52. The summed E-state index contributed by atoms with van der Waals surface area (Å²) in [5.41, 5.74) is 1.89. The lowest BCUT2D eigenvalue weighted by Crippen LogP contribution is -2.36. The number of carbonyl (C=O) groups excluding carboxylic acids is 1. The molecule has 2 aliphatic rings. The molecule has 0 bridgehead atoms. The highest BCUT2D eigenvalue weighted by atomic mass is 32.1. The molecule has 1 saturated carbocycles. The van der Waals surface area contributed by atoms with Crippen LogP contribution in [0.3, 0.4) is 0 Å². The molecule has 7 nitrogen and oxygen atoms in total. The molecule has 1 amide bonds. The number of benzene rings is 1. The number of morpholine rings is 1. The number of hydrogen-bond donors (Lipinski definition) is 2. The molecule has 1 aliphatic heterocycles. The van der Waals surface area contributed by atoms with Crippen molar-refractivity contribution in [3.05, 3.63) is 12.1 Å². The molecule has 152 valence electrons. The van der Waals surface area contributed by atoms with E-state index in [1.54, 1.807) is 7.11 Å². The average Bonchev–Trinajstić information content (AvgIpc) is 3.13. The number of rotatable bonds is 5. The zero-order chi connectivity index (χ0) is 19.5. The SMILES string of the molecule is COc1ccc(N2CCOCC2)c2sc(NC(=O)C[C@H]3CC[C@H](O)CC3)nc12. The normalized spacial score (nSPS) is 23.0. The van der Waals surface area contributed by atoms with Crippen LogP contribution in [-0.4, -0.2) is 55.5 Å². The number of thiazole rings is 1. The Labute approximate surface area is 168 Å². The quantitative estimate of drug-likeness (QED) is 0.796. The molecule has 1 aliphatic carbocycles. The Morgan fingerprint density at radius 3 is 2.79 bits per heavy atom. The summed E-state index contributed by atoms with van der Waals surface area (Å²) in [4.78, 5) is 19.5. The van der Waals surface area contributed by atoms with E-state index < -0.39 is 0 Å². The van der Waals surface area contributed by atoms with Crippen molar-refractivity contribution in [1.82, 2.24) is 4.98 Å². The number of methoxy groups -OCH3 is 1. The molecule has 2 heterocycles. The highest BCUT2D eigenvalue weighted by Crippen LogP contribution is 2.39. The number of hydrogen-bond acceptors (Lipinski definition) is 7. The largest absolute Gasteiger partial charge is 0.494 e. The van der Waals surface area contributed by atoms with Gasteiger partial charge in [0.05, 0.1) is 36.8 Å². The molecule has 1 aromatic heterocycles. The van der Waals surface area contributed by atoms with Gasteiger partial charge in [0.25, 0.3) is 0 Å². The van der Waals surface area contributed by atoms with Crippen LogP contribution >= 0.6 is 11.3 Å². The fourth-order valence-corrected chi connectivity index (χ4v) is 5.06. The van der Waals surface area contributed by atoms with Gasteiger partial charge >= 0.3 is 0 Å². The maximum Gasteiger partial charge on any atom is 0.226 e. The van der Waals surface area contributed by atoms with Gasteiger partial charge in [-0.15, -0.1) is 0 Å². The number of amides is 1. The van der Waals surface area contributed by atoms with E-state index in [2.05, 4.69) is 21.3 Å². The van der Waals surface area contributed by atoms with Gasteiger partial charge in [-0.05, 0) is 43.7 Å². The van der Waals surface area contributed by atoms with Gasteiger partial charge in [0.15, 0.2) is 5.13 Å². The summed E-state index contributed by atoms with van der Waals surface area (Å²) in [6, 6.07) is 4.00. The summed E-state index contributed by atoms with van der Waals surface area (Å²) in [6.07, 6.45) is 3.68. The fourth-order valence-electron chi connectivity index (χ4n) is 4.02. The van der Waals surface area contributed by atoms with Crippen molar-refractivity contribution in [2.24, 2.45) is 5.92 Å². The third kappa shape index (κ3) is 4.24. The van der Waals surface area contributed by atoms with Gasteiger partial charge in [0.2, 0.25) is 5.91 Å². The molecule has 1 saturated heterocycles. The third-order valence-corrected chi connectivity index (χ3v) is 6.59. The van der Waals surface area contributed by atoms with Crippen molar-refractivity contribution in [1.29, 1.82) is 0 Å². The van der Waals surface area contributed by atoms with Crippen LogP contribution < -0.4 is 15.0 Å². The number of fused-ring (bicyclic) bond motifs is 1. The minimum absolute atomic E-state index is 0.00710. The Bertz CT molecular complexity index is 826. The molecular formula is C20H27N3O4S. The van der Waals surface area contributed by atoms with E-state index in [0.717, 1.165) is 54.7 Å². The zero-order valence-electron chi connectivity index (χ0n) is 16.1. The van der Waals surface area contributed by atoms with Crippen LogP contribution in [0, 0.1) is 5.92 Å². The van der Waals surface area contributed by atoms with Crippen molar-refractivity contribution < 1.29 is 19.4 Å². The van der Waals surface area contributed by atoms with Crippen LogP contribution in [0.5, 0.6) is 5.75 Å². The number of ether oxygens (including phenoxy) is 2. The van der Waals surface area contributed by atoms with E-state index >= 15 is 0 Å². The molecular weight excluding hydrogens is 378 g/mol. The van der Waals surface area contributed by atoms with Gasteiger partial charge in [0.1, 0.15) is 11.3 Å². The second-order valence-corrected chi connectivity index (χ2v) is 8.51. The average molecular weight is 406 g/mol. The predicted octanol–water partition coefficient (Wildman–Crippen LogP) is 3.02. The second kappa shape index (κ2) is 8.63. The lowest BCUT2D eigenvalue weighted by Gasteiger charge is -2.29. The van der Waals surface area contributed by atoms with Crippen molar-refractivity contribution in [2.75, 3.05) is 43.6 Å². The van der Waals surface area contributed by atoms with Gasteiger partial charge in [-0.1, -0.05) is 11.3 Å². The first-order valence-electron chi connectivity index (χ1n) is 9.92. The van der Waals surface area contributed by atoms with Gasteiger partial charge < -0.3 is 24.8 Å². The Morgan fingerprint density at radius 1 is 1.32 bits per heavy atom. The summed E-state index contributed by atoms with van der Waals surface area (Å²) >= 11 is 1.49. The van der Waals surface area contributed by atoms with Crippen molar-refractivity contribution in [3.63, 3.8) is 0 Å². The smallest absolute Gasteiger partial charge is 0.226 e. The van der Waals surface area contributed by atoms with Crippen molar-refractivity contribution in [2.45, 2.75) is 38.2 Å². The third-order valence-electron chi connectivity index (χ3n) is 5.59. The van der Waals surface area contributed by atoms with Crippen LogP contribution in [0.1, 0.15) is 32.1 Å². The number of nitrogens with one attached hydrogen (secondary N) is 1. The van der Waals surface area contributed by atoms with Gasteiger partial charge in [-0.2, -0.15) is 0 Å². The van der Waals surface area contributed by atoms with Crippen LogP contribution in [-0.2, 0) is 9.53 Å². The maximum absolute atomic E-state index is 12.5. The summed E-state index contributed by atoms with van der Waals surface area (Å²) in [5, 5.41) is 13.2. The molecule has 1 aromatic carbocycles. The maximum atomic E-state index is 12.5. The topological polar surface area (TPSA) is 83.9 Å². The molecule has 2 aromatic rings. The van der Waals surface area contributed by atoms with Crippen LogP contribution in [0.25, 0.3) is 10.2 Å². The zero-order valence-corrected chi connectivity index (χ0v) is 17.0. The summed E-state index contributed by atoms with van der Waals surface area (Å²) in [6.45, 7) is 3.11. The first-order chi connectivity index (χ1) is 13.6. The predicted molar refractivity (Wildman–Crippen MR) is 110 cm³/mol. The number of anilines is 2. The molecule has 0 spiro atoms. The highest BCUT2D eigenvalue weighted by molar-refractivity contribution is 7.23. The van der Waals surface area contributed by atoms with Crippen LogP contribution in [0.15, 0.2) is 12.1 Å². The molecule has 8 heteroatoms. The molecule has 2 N–H and O–H groups in total. The minimum Gasteiger partial charge on any atom is -0.494 e. The summed E-state index contributed by atoms with van der Waals surface area (Å²) in [5.74, 6) is 1.05. The highest BCUT2D eigenvalue weighted by Gasteiger charge is 2.23. The van der Waals surface area contributed by atoms with Crippen LogP contribution in [0.2, 0.25) is 0 Å². The van der Waals surface area contributed by atoms with Crippen LogP contribution in [0.4, 0.5) is 10.8 Å². The van der Waals surface area contributed by atoms with Gasteiger partial charge in [0, 0.05) is 19.5 Å². The van der Waals surface area contributed by atoms with E-state index in [-0.39, 0.29) is 12.0 Å². The number of aliphatic hydroxyl groups excluding tert-OH is 1. The molecule has 4 rings (SSSR count). The molecule has 28 heavy (non-hydrogen) atoms. The van der Waals surface area contributed by atoms with E-state index in [1.807, 2.05) is 6.07 Å². The van der Waals surface area contributed by atoms with Gasteiger partial charge in [-0.25, -0.2) is 4.98 Å². The fraction of sp³-hybridized carbons (Fsp3) is 0.600. The number of aliphatic hydroxyl groups is 1. The number of aromatic nitrogens is 1. The second-order valence-electron chi connectivity index (χ2n) is 7.51. The summed E-state index contributed by atoms with van der Waals surface area (Å²) in [7, 11) is 1.64. The Morgan fingerprint density at radius 2 is 2.07 bits per heavy atom. The monoisotopic (exact) mass is 405 g/mol. The van der Waals surface area contributed by atoms with E-state index in [9.17, 15) is 9.90 Å². The lowest BCUT2D eigenvalue weighted by molar-refractivity contribution is -0.117. The minimum atomic E-state index is -0.199. The molecule has 2 fully saturated rings. The van der Waals surface area contributed by atoms with Crippen molar-refractivity contribution in [3.8, 4) is 5.75 Å². The molecule has 0 unspecified atom stereocenters. The summed E-state index contributed by atoms with van der Waals surface area (Å²) < 4.78 is 12.0. The first-order valence-corrected chi connectivity index (χ1v) is 10.7. The van der Waals surface area contributed by atoms with Crippen molar-refractivity contribution >= 4 is 38.3 Å². The van der Waals surface area contributed by atoms with E-state index in [4.69, 9.17) is 9.47 Å². The standard InChI is InChI=1S/C20H27N3O4S/c1-26-16-7-6-15(23-8-10-27-11-9-23)19-18(16)22-20(28-19)21-17(25)12-13-2-4-14(24)5-3-13/h6-7,13-14,24H,2-5,8-12H2,1H3,(H,21,22,25)/t13-,14-. The Kier molecular flexibility index (Phi) is 5.99. The van der Waals surface area contributed by atoms with E-state index in [1.165, 1.54) is 11.3 Å². The number of nitrogens with zero attached hydrogens (tertiary/aromatic N) is 2. The number of carbonyl (C=O) groups is 1.